The van der Waals surface area contributed by atoms with Crippen LogP contribution in [0.4, 0.5) is 10.5 Å². The quantitative estimate of drug-likeness (QED) is 0.370. The van der Waals surface area contributed by atoms with Gasteiger partial charge in [0.2, 0.25) is 0 Å². The zero-order chi connectivity index (χ0) is 26.5. The number of urea groups is 1. The van der Waals surface area contributed by atoms with Crippen LogP contribution in [-0.4, -0.2) is 36.0 Å². The fourth-order valence-corrected chi connectivity index (χ4v) is 4.44. The van der Waals surface area contributed by atoms with Gasteiger partial charge in [-0.2, -0.15) is 0 Å². The maximum atomic E-state index is 13.2. The number of carbonyl (C=O) groups excluding carboxylic acids is 3. The van der Waals surface area contributed by atoms with E-state index >= 15 is 0 Å². The molecule has 3 amide bonds. The summed E-state index contributed by atoms with van der Waals surface area (Å²) in [6, 6.07) is 19.6. The van der Waals surface area contributed by atoms with Crippen molar-refractivity contribution < 1.29 is 19.1 Å². The summed E-state index contributed by atoms with van der Waals surface area (Å²) in [6.45, 7) is 8.47. The minimum Gasteiger partial charge on any atom is -0.462 e. The Hall–Kier alpha value is -4.13. The third-order valence-corrected chi connectivity index (χ3v) is 6.30. The van der Waals surface area contributed by atoms with Crippen LogP contribution in [0.3, 0.4) is 0 Å². The highest BCUT2D eigenvalue weighted by Crippen LogP contribution is 2.33. The Bertz CT molecular complexity index is 1360. The van der Waals surface area contributed by atoms with Crippen molar-refractivity contribution in [1.29, 1.82) is 0 Å². The summed E-state index contributed by atoms with van der Waals surface area (Å²) in [5.41, 5.74) is 2.76. The molecule has 0 spiro atoms. The van der Waals surface area contributed by atoms with E-state index in [1.807, 2.05) is 63.2 Å². The largest absolute Gasteiger partial charge is 0.462 e. The summed E-state index contributed by atoms with van der Waals surface area (Å²) in [7, 11) is 0. The highest BCUT2D eigenvalue weighted by molar-refractivity contribution is 6.06. The van der Waals surface area contributed by atoms with Gasteiger partial charge in [-0.1, -0.05) is 63.2 Å². The molecular formula is C30H33N3O4. The van der Waals surface area contributed by atoms with E-state index in [0.29, 0.717) is 34.6 Å². The van der Waals surface area contributed by atoms with E-state index in [1.165, 1.54) is 0 Å². The number of ether oxygens (including phenoxy) is 1. The molecule has 0 fully saturated rings. The Morgan fingerprint density at radius 1 is 1.03 bits per heavy atom. The van der Waals surface area contributed by atoms with Crippen LogP contribution in [0.1, 0.15) is 56.1 Å². The summed E-state index contributed by atoms with van der Waals surface area (Å²) >= 11 is 0. The lowest BCUT2D eigenvalue weighted by Gasteiger charge is -2.35. The van der Waals surface area contributed by atoms with Gasteiger partial charge in [-0.15, -0.1) is 0 Å². The second-order valence-electron chi connectivity index (χ2n) is 9.67. The average Bonchev–Trinajstić information content (AvgIpc) is 2.89. The molecule has 7 nitrogen and oxygen atoms in total. The van der Waals surface area contributed by atoms with Gasteiger partial charge in [-0.05, 0) is 59.9 Å². The van der Waals surface area contributed by atoms with Crippen molar-refractivity contribution in [1.82, 2.24) is 10.2 Å². The lowest BCUT2D eigenvalue weighted by atomic mass is 9.94. The summed E-state index contributed by atoms with van der Waals surface area (Å²) in [4.78, 5) is 40.7. The standard InChI is InChI=1S/C30H33N3O4/c1-5-15-33-20(4)26(29(35)37-18-19(2)3)27(32-30(33)36)23-11-8-12-25(17-23)31-28(34)24-14-13-21-9-6-7-10-22(21)16-24/h6-14,16-17,19,27H,5,15,18H2,1-4H3,(H,31,34)(H,32,36). The Labute approximate surface area is 217 Å². The summed E-state index contributed by atoms with van der Waals surface area (Å²) in [5.74, 6) is -0.516. The number of anilines is 1. The number of nitrogens with zero attached hydrogens (tertiary/aromatic N) is 1. The van der Waals surface area contributed by atoms with Crippen molar-refractivity contribution in [2.45, 2.75) is 40.2 Å². The number of hydrogen-bond acceptors (Lipinski definition) is 4. The molecule has 4 rings (SSSR count). The second kappa shape index (κ2) is 11.3. The van der Waals surface area contributed by atoms with Crippen molar-refractivity contribution in [3.63, 3.8) is 0 Å². The molecule has 1 aliphatic rings. The van der Waals surface area contributed by atoms with Gasteiger partial charge in [-0.3, -0.25) is 9.69 Å². The number of allylic oxidation sites excluding steroid dienone is 1. The van der Waals surface area contributed by atoms with Gasteiger partial charge in [0.05, 0.1) is 18.2 Å². The van der Waals surface area contributed by atoms with Crippen LogP contribution < -0.4 is 10.6 Å². The maximum absolute atomic E-state index is 13.2. The van der Waals surface area contributed by atoms with Crippen molar-refractivity contribution in [3.05, 3.63) is 89.1 Å². The van der Waals surface area contributed by atoms with Crippen LogP contribution >= 0.6 is 0 Å². The summed E-state index contributed by atoms with van der Waals surface area (Å²) in [5, 5.41) is 7.95. The van der Waals surface area contributed by atoms with Crippen LogP contribution in [0, 0.1) is 5.92 Å². The third-order valence-electron chi connectivity index (χ3n) is 6.30. The number of amides is 3. The van der Waals surface area contributed by atoms with Gasteiger partial charge in [0, 0.05) is 23.5 Å². The van der Waals surface area contributed by atoms with E-state index in [4.69, 9.17) is 4.74 Å². The first-order chi connectivity index (χ1) is 17.8. The molecule has 0 aliphatic carbocycles. The molecule has 1 unspecified atom stereocenters. The Balaban J connectivity index is 1.63. The third kappa shape index (κ3) is 5.82. The monoisotopic (exact) mass is 499 g/mol. The molecule has 1 heterocycles. The number of hydrogen-bond donors (Lipinski definition) is 2. The van der Waals surface area contributed by atoms with Crippen molar-refractivity contribution in [3.8, 4) is 0 Å². The molecule has 2 N–H and O–H groups in total. The van der Waals surface area contributed by atoms with Gasteiger partial charge in [0.1, 0.15) is 0 Å². The fraction of sp³-hybridized carbons (Fsp3) is 0.300. The Kier molecular flexibility index (Phi) is 7.92. The van der Waals surface area contributed by atoms with Gasteiger partial charge in [0.15, 0.2) is 0 Å². The van der Waals surface area contributed by atoms with Gasteiger partial charge >= 0.3 is 12.0 Å². The van der Waals surface area contributed by atoms with E-state index < -0.39 is 12.0 Å². The number of esters is 1. The van der Waals surface area contributed by atoms with E-state index in [9.17, 15) is 14.4 Å². The van der Waals surface area contributed by atoms with Crippen LogP contribution in [0.25, 0.3) is 10.8 Å². The van der Waals surface area contributed by atoms with E-state index in [2.05, 4.69) is 10.6 Å². The lowest BCUT2D eigenvalue weighted by Crippen LogP contribution is -2.48. The van der Waals surface area contributed by atoms with E-state index in [-0.39, 0.29) is 24.5 Å². The molecule has 0 bridgehead atoms. The minimum atomic E-state index is -0.696. The minimum absolute atomic E-state index is 0.182. The van der Waals surface area contributed by atoms with Crippen molar-refractivity contribution in [2.75, 3.05) is 18.5 Å². The first-order valence-corrected chi connectivity index (χ1v) is 12.6. The Morgan fingerprint density at radius 2 is 1.78 bits per heavy atom. The molecule has 1 atom stereocenters. The van der Waals surface area contributed by atoms with Crippen LogP contribution in [-0.2, 0) is 9.53 Å². The predicted molar refractivity (Wildman–Crippen MR) is 145 cm³/mol. The number of carbonyl (C=O) groups is 3. The summed E-state index contributed by atoms with van der Waals surface area (Å²) in [6.07, 6.45) is 0.750. The number of benzene rings is 3. The average molecular weight is 500 g/mol. The molecule has 0 saturated carbocycles. The molecular weight excluding hydrogens is 466 g/mol. The lowest BCUT2D eigenvalue weighted by molar-refractivity contribution is -0.140. The number of nitrogens with one attached hydrogen (secondary N) is 2. The molecule has 7 heteroatoms. The SMILES string of the molecule is CCCN1C(=O)NC(c2cccc(NC(=O)c3ccc4ccccc4c3)c2)C(C(=O)OCC(C)C)=C1C. The maximum Gasteiger partial charge on any atom is 0.338 e. The number of rotatable bonds is 8. The van der Waals surface area contributed by atoms with Crippen molar-refractivity contribution >= 4 is 34.4 Å². The Morgan fingerprint density at radius 3 is 2.51 bits per heavy atom. The number of fused-ring (bicyclic) bond motifs is 1. The second-order valence-corrected chi connectivity index (χ2v) is 9.67. The van der Waals surface area contributed by atoms with Crippen LogP contribution in [0.5, 0.6) is 0 Å². The highest BCUT2D eigenvalue weighted by Gasteiger charge is 2.36. The smallest absolute Gasteiger partial charge is 0.338 e. The summed E-state index contributed by atoms with van der Waals surface area (Å²) < 4.78 is 5.57. The first-order valence-electron chi connectivity index (χ1n) is 12.6. The van der Waals surface area contributed by atoms with Gasteiger partial charge in [0.25, 0.3) is 5.91 Å². The zero-order valence-corrected chi connectivity index (χ0v) is 21.7. The van der Waals surface area contributed by atoms with E-state index in [1.54, 1.807) is 36.1 Å². The van der Waals surface area contributed by atoms with Gasteiger partial charge in [-0.25, -0.2) is 9.59 Å². The molecule has 0 aromatic heterocycles. The normalized spacial score (nSPS) is 15.6. The molecule has 3 aromatic rings. The zero-order valence-electron chi connectivity index (χ0n) is 21.7. The molecule has 3 aromatic carbocycles. The predicted octanol–water partition coefficient (Wildman–Crippen LogP) is 6.04. The van der Waals surface area contributed by atoms with Crippen LogP contribution in [0.15, 0.2) is 78.0 Å². The highest BCUT2D eigenvalue weighted by atomic mass is 16.5. The molecule has 1 aliphatic heterocycles. The first kappa shape index (κ1) is 25.9. The van der Waals surface area contributed by atoms with E-state index in [0.717, 1.165) is 17.2 Å². The molecule has 192 valence electrons. The topological polar surface area (TPSA) is 87.7 Å². The fourth-order valence-electron chi connectivity index (χ4n) is 4.44. The van der Waals surface area contributed by atoms with Crippen LogP contribution in [0.2, 0.25) is 0 Å². The molecule has 37 heavy (non-hydrogen) atoms. The van der Waals surface area contributed by atoms with Gasteiger partial charge < -0.3 is 15.4 Å². The molecule has 0 radical (unpaired) electrons. The van der Waals surface area contributed by atoms with Crippen molar-refractivity contribution in [2.24, 2.45) is 5.92 Å². The molecule has 0 saturated heterocycles.